The van der Waals surface area contributed by atoms with Crippen molar-refractivity contribution in [3.63, 3.8) is 0 Å². The normalized spacial score (nSPS) is 19.1. The molecule has 1 heterocycles. The third kappa shape index (κ3) is 5.97. The fraction of sp³-hybridized carbons (Fsp3) is 0.400. The Kier molecular flexibility index (Phi) is 7.05. The first-order valence-electron chi connectivity index (χ1n) is 9.09. The number of carbonyl (C=O) groups excluding carboxylic acids is 1. The minimum atomic E-state index is 0.00980. The van der Waals surface area contributed by atoms with E-state index < -0.39 is 0 Å². The Labute approximate surface area is 163 Å². The van der Waals surface area contributed by atoms with Crippen LogP contribution in [-0.2, 0) is 4.79 Å². The molecule has 0 unspecified atom stereocenters. The van der Waals surface area contributed by atoms with Crippen molar-refractivity contribution in [3.8, 4) is 11.9 Å². The molecule has 2 aromatic rings. The summed E-state index contributed by atoms with van der Waals surface area (Å²) in [6.45, 7) is 0. The average molecular weight is 382 g/mol. The van der Waals surface area contributed by atoms with Crippen molar-refractivity contribution >= 4 is 17.7 Å². The van der Waals surface area contributed by atoms with Gasteiger partial charge >= 0.3 is 0 Å². The molecule has 0 aliphatic heterocycles. The molecule has 1 aliphatic rings. The monoisotopic (exact) mass is 382 g/mol. The van der Waals surface area contributed by atoms with Crippen LogP contribution in [0.1, 0.15) is 37.8 Å². The maximum atomic E-state index is 12.1. The smallest absolute Gasteiger partial charge is 0.251 e. The molecule has 7 heteroatoms. The lowest BCUT2D eigenvalue weighted by molar-refractivity contribution is -0.121. The van der Waals surface area contributed by atoms with Crippen molar-refractivity contribution in [2.75, 3.05) is 5.75 Å². The summed E-state index contributed by atoms with van der Waals surface area (Å²) < 4.78 is 5.83. The summed E-state index contributed by atoms with van der Waals surface area (Å²) in [6.07, 6.45) is 6.91. The lowest BCUT2D eigenvalue weighted by Gasteiger charge is -2.29. The second kappa shape index (κ2) is 9.93. The van der Waals surface area contributed by atoms with Crippen LogP contribution < -0.4 is 10.1 Å². The Morgan fingerprint density at radius 3 is 2.67 bits per heavy atom. The number of nitrogens with zero attached hydrogens (tertiary/aromatic N) is 3. The van der Waals surface area contributed by atoms with Gasteiger partial charge in [-0.3, -0.25) is 4.79 Å². The highest BCUT2D eigenvalue weighted by molar-refractivity contribution is 7.99. The van der Waals surface area contributed by atoms with Gasteiger partial charge in [-0.15, -0.1) is 11.8 Å². The Balaban J connectivity index is 1.36. The number of amides is 1. The molecule has 1 saturated carbocycles. The Morgan fingerprint density at radius 1 is 1.19 bits per heavy atom. The Bertz CT molecular complexity index is 786. The highest BCUT2D eigenvalue weighted by Gasteiger charge is 2.24. The van der Waals surface area contributed by atoms with E-state index >= 15 is 0 Å². The summed E-state index contributed by atoms with van der Waals surface area (Å²) in [4.78, 5) is 21.4. The van der Waals surface area contributed by atoms with Crippen molar-refractivity contribution in [2.45, 2.75) is 49.1 Å². The number of hydrogen-bond acceptors (Lipinski definition) is 6. The van der Waals surface area contributed by atoms with Crippen molar-refractivity contribution < 1.29 is 9.53 Å². The number of ether oxygens (including phenoxy) is 1. The second-order valence-electron chi connectivity index (χ2n) is 6.39. The minimum absolute atomic E-state index is 0.00980. The van der Waals surface area contributed by atoms with E-state index in [2.05, 4.69) is 27.4 Å². The van der Waals surface area contributed by atoms with Crippen LogP contribution in [0.2, 0.25) is 0 Å². The average Bonchev–Trinajstić information content (AvgIpc) is 2.71. The lowest BCUT2D eigenvalue weighted by atomic mass is 9.93. The first kappa shape index (κ1) is 19.2. The molecule has 1 N–H and O–H groups in total. The number of hydrogen-bond donors (Lipinski definition) is 1. The zero-order valence-electron chi connectivity index (χ0n) is 15.0. The largest absolute Gasteiger partial charge is 0.472 e. The molecule has 1 amide bonds. The summed E-state index contributed by atoms with van der Waals surface area (Å²) in [6, 6.07) is 12.3. The molecule has 1 aliphatic carbocycles. The standard InChI is InChI=1S/C20H22N4O2S/c21-14-18-20(23-12-11-22-18)26-16-8-6-15(7-9-16)24-19(25)10-13-27-17-4-2-1-3-5-17/h1-5,11-12,15-16H,6-10,13H2,(H,24,25). The predicted octanol–water partition coefficient (Wildman–Crippen LogP) is 3.34. The van der Waals surface area contributed by atoms with Crippen LogP contribution in [0, 0.1) is 11.3 Å². The summed E-state index contributed by atoms with van der Waals surface area (Å²) in [7, 11) is 0. The zero-order chi connectivity index (χ0) is 18.9. The maximum Gasteiger partial charge on any atom is 0.251 e. The van der Waals surface area contributed by atoms with Gasteiger partial charge in [0.05, 0.1) is 0 Å². The number of thioether (sulfide) groups is 1. The number of benzene rings is 1. The van der Waals surface area contributed by atoms with E-state index in [1.165, 1.54) is 17.3 Å². The van der Waals surface area contributed by atoms with E-state index in [1.54, 1.807) is 11.8 Å². The molecule has 3 rings (SSSR count). The molecule has 140 valence electrons. The van der Waals surface area contributed by atoms with Crippen LogP contribution in [0.3, 0.4) is 0 Å². The Hall–Kier alpha value is -2.59. The summed E-state index contributed by atoms with van der Waals surface area (Å²) in [5, 5.41) is 12.2. The van der Waals surface area contributed by atoms with Crippen LogP contribution in [0.5, 0.6) is 5.88 Å². The van der Waals surface area contributed by atoms with Gasteiger partial charge in [-0.05, 0) is 37.8 Å². The van der Waals surface area contributed by atoms with E-state index in [0.717, 1.165) is 31.4 Å². The van der Waals surface area contributed by atoms with Gasteiger partial charge in [-0.2, -0.15) is 5.26 Å². The summed E-state index contributed by atoms with van der Waals surface area (Å²) in [5.74, 6) is 1.17. The van der Waals surface area contributed by atoms with Gasteiger partial charge < -0.3 is 10.1 Å². The molecule has 0 spiro atoms. The van der Waals surface area contributed by atoms with Gasteiger partial charge in [-0.1, -0.05) is 18.2 Å². The molecular weight excluding hydrogens is 360 g/mol. The molecule has 0 radical (unpaired) electrons. The van der Waals surface area contributed by atoms with E-state index in [0.29, 0.717) is 12.3 Å². The molecule has 6 nitrogen and oxygen atoms in total. The third-order valence-electron chi connectivity index (χ3n) is 4.43. The highest BCUT2D eigenvalue weighted by Crippen LogP contribution is 2.24. The molecule has 27 heavy (non-hydrogen) atoms. The number of aromatic nitrogens is 2. The Morgan fingerprint density at radius 2 is 1.93 bits per heavy atom. The molecule has 1 aromatic carbocycles. The molecule has 0 saturated heterocycles. The fourth-order valence-corrected chi connectivity index (χ4v) is 3.92. The number of nitriles is 1. The minimum Gasteiger partial charge on any atom is -0.472 e. The van der Waals surface area contributed by atoms with Crippen molar-refractivity contribution in [2.24, 2.45) is 0 Å². The first-order valence-corrected chi connectivity index (χ1v) is 10.1. The van der Waals surface area contributed by atoms with Gasteiger partial charge in [0.25, 0.3) is 5.88 Å². The van der Waals surface area contributed by atoms with Crippen molar-refractivity contribution in [3.05, 3.63) is 48.4 Å². The van der Waals surface area contributed by atoms with Crippen LogP contribution in [0.25, 0.3) is 0 Å². The maximum absolute atomic E-state index is 12.1. The van der Waals surface area contributed by atoms with Gasteiger partial charge in [0, 0.05) is 35.5 Å². The van der Waals surface area contributed by atoms with E-state index in [1.807, 2.05) is 24.3 Å². The number of carbonyl (C=O) groups is 1. The van der Waals surface area contributed by atoms with Crippen molar-refractivity contribution in [1.29, 1.82) is 5.26 Å². The SMILES string of the molecule is N#Cc1nccnc1OC1CCC(NC(=O)CCSc2ccccc2)CC1. The zero-order valence-corrected chi connectivity index (χ0v) is 15.8. The number of nitrogens with one attached hydrogen (secondary N) is 1. The fourth-order valence-electron chi connectivity index (χ4n) is 3.05. The third-order valence-corrected chi connectivity index (χ3v) is 5.44. The van der Waals surface area contributed by atoms with E-state index in [-0.39, 0.29) is 23.7 Å². The van der Waals surface area contributed by atoms with E-state index in [9.17, 15) is 4.79 Å². The van der Waals surface area contributed by atoms with Gasteiger partial charge in [-0.25, -0.2) is 9.97 Å². The molecule has 0 atom stereocenters. The van der Waals surface area contributed by atoms with Crippen LogP contribution in [0.15, 0.2) is 47.6 Å². The van der Waals surface area contributed by atoms with Crippen LogP contribution >= 0.6 is 11.8 Å². The topological polar surface area (TPSA) is 87.9 Å². The quantitative estimate of drug-likeness (QED) is 0.739. The second-order valence-corrected chi connectivity index (χ2v) is 7.56. The summed E-state index contributed by atoms with van der Waals surface area (Å²) >= 11 is 1.70. The lowest BCUT2D eigenvalue weighted by Crippen LogP contribution is -2.39. The molecule has 1 fully saturated rings. The van der Waals surface area contributed by atoms with Crippen LogP contribution in [-0.4, -0.2) is 33.8 Å². The van der Waals surface area contributed by atoms with E-state index in [4.69, 9.17) is 10.00 Å². The summed E-state index contributed by atoms with van der Waals surface area (Å²) in [5.41, 5.74) is 0.212. The molecular formula is C20H22N4O2S. The molecule has 0 bridgehead atoms. The van der Waals surface area contributed by atoms with Gasteiger partial charge in [0.15, 0.2) is 0 Å². The first-order chi connectivity index (χ1) is 13.2. The molecule has 1 aromatic heterocycles. The van der Waals surface area contributed by atoms with Crippen LogP contribution in [0.4, 0.5) is 0 Å². The van der Waals surface area contributed by atoms with Gasteiger partial charge in [0.2, 0.25) is 11.6 Å². The number of rotatable bonds is 7. The predicted molar refractivity (Wildman–Crippen MR) is 103 cm³/mol. The van der Waals surface area contributed by atoms with Gasteiger partial charge in [0.1, 0.15) is 12.2 Å². The highest BCUT2D eigenvalue weighted by atomic mass is 32.2. The van der Waals surface area contributed by atoms with Crippen molar-refractivity contribution in [1.82, 2.24) is 15.3 Å².